The first-order valence-corrected chi connectivity index (χ1v) is 13.9. The number of benzene rings is 2. The molecule has 0 unspecified atom stereocenters. The Morgan fingerprint density at radius 2 is 1.63 bits per heavy atom. The molecule has 0 aliphatic heterocycles. The van der Waals surface area contributed by atoms with Crippen molar-refractivity contribution in [1.82, 2.24) is 9.88 Å². The Morgan fingerprint density at radius 1 is 0.974 bits per heavy atom. The summed E-state index contributed by atoms with van der Waals surface area (Å²) in [6.07, 6.45) is 8.77. The Kier molecular flexibility index (Phi) is 7.61. The van der Waals surface area contributed by atoms with Crippen LogP contribution in [0, 0.1) is 5.92 Å². The average Bonchev–Trinajstić information content (AvgIpc) is 3.71. The second kappa shape index (κ2) is 11.1. The molecule has 0 saturated heterocycles. The van der Waals surface area contributed by atoms with Gasteiger partial charge < -0.3 is 16.0 Å². The molecule has 2 fully saturated rings. The lowest BCUT2D eigenvalue weighted by Crippen LogP contribution is -2.39. The highest BCUT2D eigenvalue weighted by molar-refractivity contribution is 5.92. The van der Waals surface area contributed by atoms with Crippen LogP contribution in [0.5, 0.6) is 0 Å². The van der Waals surface area contributed by atoms with E-state index >= 15 is 0 Å². The van der Waals surface area contributed by atoms with Crippen LogP contribution in [-0.4, -0.2) is 34.8 Å². The number of nitrogens with zero attached hydrogens (tertiary/aromatic N) is 2. The topological polar surface area (TPSA) is 88.3 Å². The lowest BCUT2D eigenvalue weighted by Gasteiger charge is -2.34. The zero-order valence-corrected chi connectivity index (χ0v) is 22.5. The van der Waals surface area contributed by atoms with Gasteiger partial charge in [0.25, 0.3) is 0 Å². The molecular weight excluding hydrogens is 472 g/mol. The molecule has 5 rings (SSSR count). The van der Waals surface area contributed by atoms with Crippen LogP contribution in [0.4, 0.5) is 5.82 Å². The van der Waals surface area contributed by atoms with E-state index in [2.05, 4.69) is 46.7 Å². The monoisotopic (exact) mass is 510 g/mol. The van der Waals surface area contributed by atoms with Crippen molar-refractivity contribution in [2.75, 3.05) is 12.4 Å². The van der Waals surface area contributed by atoms with E-state index in [0.717, 1.165) is 60.8 Å². The van der Waals surface area contributed by atoms with Gasteiger partial charge in [0, 0.05) is 43.2 Å². The summed E-state index contributed by atoms with van der Waals surface area (Å²) < 4.78 is 0. The average molecular weight is 511 g/mol. The predicted octanol–water partition coefficient (Wildman–Crippen LogP) is 6.12. The van der Waals surface area contributed by atoms with Crippen LogP contribution in [0.1, 0.15) is 63.9 Å². The fourth-order valence-electron chi connectivity index (χ4n) is 5.66. The minimum absolute atomic E-state index is 0.00673. The number of anilines is 1. The molecule has 38 heavy (non-hydrogen) atoms. The third-order valence-corrected chi connectivity index (χ3v) is 8.35. The normalized spacial score (nSPS) is 20.0. The van der Waals surface area contributed by atoms with Crippen molar-refractivity contribution in [3.8, 4) is 22.3 Å². The maximum Gasteiger partial charge on any atom is 0.225 e. The second-order valence-electron chi connectivity index (χ2n) is 11.0. The van der Waals surface area contributed by atoms with Gasteiger partial charge in [0.2, 0.25) is 11.8 Å². The van der Waals surface area contributed by atoms with Crippen LogP contribution in [0.2, 0.25) is 0 Å². The largest absolute Gasteiger partial charge is 0.343 e. The van der Waals surface area contributed by atoms with Crippen molar-refractivity contribution in [1.29, 1.82) is 0 Å². The van der Waals surface area contributed by atoms with E-state index in [9.17, 15) is 9.59 Å². The van der Waals surface area contributed by atoms with Crippen LogP contribution in [0.15, 0.2) is 66.9 Å². The fourth-order valence-corrected chi connectivity index (χ4v) is 5.66. The summed E-state index contributed by atoms with van der Waals surface area (Å²) in [5, 5.41) is 3.05. The Labute approximate surface area is 225 Å². The van der Waals surface area contributed by atoms with E-state index in [1.54, 1.807) is 0 Å². The van der Waals surface area contributed by atoms with E-state index in [1.165, 1.54) is 5.56 Å². The highest BCUT2D eigenvalue weighted by Gasteiger charge is 2.39. The van der Waals surface area contributed by atoms with Crippen molar-refractivity contribution >= 4 is 17.6 Å². The second-order valence-corrected chi connectivity index (χ2v) is 11.0. The van der Waals surface area contributed by atoms with Gasteiger partial charge >= 0.3 is 0 Å². The van der Waals surface area contributed by atoms with Gasteiger partial charge in [-0.05, 0) is 72.8 Å². The van der Waals surface area contributed by atoms with Gasteiger partial charge in [-0.1, -0.05) is 61.5 Å². The minimum Gasteiger partial charge on any atom is -0.343 e. The van der Waals surface area contributed by atoms with Crippen molar-refractivity contribution in [2.24, 2.45) is 11.7 Å². The Morgan fingerprint density at radius 3 is 2.26 bits per heavy atom. The number of carbonyl (C=O) groups excluding carboxylic acids is 2. The Balaban J connectivity index is 1.28. The minimum atomic E-state index is -0.157. The first-order valence-electron chi connectivity index (χ1n) is 13.9. The Hall–Kier alpha value is -3.51. The van der Waals surface area contributed by atoms with E-state index < -0.39 is 0 Å². The summed E-state index contributed by atoms with van der Waals surface area (Å²) in [5.74, 6) is 1.08. The number of nitrogens with two attached hydrogens (primary N) is 1. The molecule has 2 aliphatic rings. The summed E-state index contributed by atoms with van der Waals surface area (Å²) >= 11 is 0. The molecule has 1 aromatic heterocycles. The first-order chi connectivity index (χ1) is 18.4. The molecule has 6 heteroatoms. The number of nitrogens with one attached hydrogen (secondary N) is 1. The fraction of sp³-hybridized carbons (Fsp3) is 0.406. The molecule has 198 valence electrons. The number of amides is 2. The van der Waals surface area contributed by atoms with E-state index in [0.29, 0.717) is 24.6 Å². The van der Waals surface area contributed by atoms with Gasteiger partial charge in [-0.2, -0.15) is 0 Å². The quantitative estimate of drug-likeness (QED) is 0.382. The van der Waals surface area contributed by atoms with E-state index in [1.807, 2.05) is 49.3 Å². The van der Waals surface area contributed by atoms with E-state index in [4.69, 9.17) is 5.73 Å². The molecule has 3 aromatic rings. The molecule has 2 aromatic carbocycles. The van der Waals surface area contributed by atoms with Gasteiger partial charge in [-0.25, -0.2) is 4.98 Å². The predicted molar refractivity (Wildman–Crippen MR) is 152 cm³/mol. The highest BCUT2D eigenvalue weighted by atomic mass is 16.2. The standard InChI is InChI=1S/C32H38N4O2/c1-3-31(38)36(2)26-15-9-22(10-16-26)19-30(37)35-29-20-27(23-7-5-4-6-8-23)28(21-34-29)24-11-13-25(14-12-24)32(33)17-18-32/h4-8,11-14,20-22,26H,3,9-10,15-19,33H2,1-2H3,(H,34,35,37). The van der Waals surface area contributed by atoms with Crippen LogP contribution in [-0.2, 0) is 15.1 Å². The smallest absolute Gasteiger partial charge is 0.225 e. The molecule has 1 heterocycles. The molecule has 0 bridgehead atoms. The molecular formula is C32H38N4O2. The number of aromatic nitrogens is 1. The van der Waals surface area contributed by atoms with Crippen molar-refractivity contribution in [3.63, 3.8) is 0 Å². The SMILES string of the molecule is CCC(=O)N(C)C1CCC(CC(=O)Nc2cc(-c3ccccc3)c(-c3ccc(C4(N)CC4)cc3)cn2)CC1. The number of hydrogen-bond donors (Lipinski definition) is 2. The molecule has 0 spiro atoms. The lowest BCUT2D eigenvalue weighted by molar-refractivity contribution is -0.132. The molecule has 0 atom stereocenters. The molecule has 2 aliphatic carbocycles. The van der Waals surface area contributed by atoms with Crippen molar-refractivity contribution in [3.05, 3.63) is 72.4 Å². The van der Waals surface area contributed by atoms with Crippen LogP contribution in [0.25, 0.3) is 22.3 Å². The maximum atomic E-state index is 13.0. The maximum absolute atomic E-state index is 13.0. The van der Waals surface area contributed by atoms with Gasteiger partial charge in [-0.15, -0.1) is 0 Å². The number of hydrogen-bond acceptors (Lipinski definition) is 4. The zero-order valence-electron chi connectivity index (χ0n) is 22.5. The van der Waals surface area contributed by atoms with Crippen LogP contribution in [0.3, 0.4) is 0 Å². The Bertz CT molecular complexity index is 1280. The molecule has 6 nitrogen and oxygen atoms in total. The van der Waals surface area contributed by atoms with Crippen LogP contribution >= 0.6 is 0 Å². The van der Waals surface area contributed by atoms with Crippen LogP contribution < -0.4 is 11.1 Å². The molecule has 0 radical (unpaired) electrons. The lowest BCUT2D eigenvalue weighted by atomic mass is 9.83. The van der Waals surface area contributed by atoms with Crippen molar-refractivity contribution < 1.29 is 9.59 Å². The van der Waals surface area contributed by atoms with E-state index in [-0.39, 0.29) is 23.4 Å². The highest BCUT2D eigenvalue weighted by Crippen LogP contribution is 2.43. The van der Waals surface area contributed by atoms with Crippen molar-refractivity contribution in [2.45, 2.75) is 69.9 Å². The number of rotatable bonds is 8. The van der Waals surface area contributed by atoms with Gasteiger partial charge in [0.05, 0.1) is 0 Å². The number of pyridine rings is 1. The molecule has 3 N–H and O–H groups in total. The molecule has 2 saturated carbocycles. The first kappa shape index (κ1) is 26.1. The summed E-state index contributed by atoms with van der Waals surface area (Å²) in [6, 6.07) is 21.0. The molecule has 2 amide bonds. The summed E-state index contributed by atoms with van der Waals surface area (Å²) in [7, 11) is 1.90. The third-order valence-electron chi connectivity index (χ3n) is 8.35. The van der Waals surface area contributed by atoms with Gasteiger partial charge in [0.15, 0.2) is 0 Å². The zero-order chi connectivity index (χ0) is 26.7. The van der Waals surface area contributed by atoms with Gasteiger partial charge in [0.1, 0.15) is 5.82 Å². The number of carbonyl (C=O) groups is 2. The van der Waals surface area contributed by atoms with Gasteiger partial charge in [-0.3, -0.25) is 9.59 Å². The summed E-state index contributed by atoms with van der Waals surface area (Å²) in [6.45, 7) is 1.90. The summed E-state index contributed by atoms with van der Waals surface area (Å²) in [5.41, 5.74) is 11.6. The third kappa shape index (κ3) is 5.81. The summed E-state index contributed by atoms with van der Waals surface area (Å²) in [4.78, 5) is 31.5.